The van der Waals surface area contributed by atoms with E-state index in [0.29, 0.717) is 12.1 Å². The van der Waals surface area contributed by atoms with Gasteiger partial charge in [0.25, 0.3) is 0 Å². The van der Waals surface area contributed by atoms with Crippen LogP contribution in [0, 0.1) is 5.92 Å². The monoisotopic (exact) mass is 350 g/mol. The summed E-state index contributed by atoms with van der Waals surface area (Å²) in [6, 6.07) is 7.55. The SMILES string of the molecule is CC1=NNC(=O)[C@@H]1CCC(=O)N/N=C\c1ccccc1Br. The lowest BCUT2D eigenvalue weighted by molar-refractivity contribution is -0.123. The van der Waals surface area contributed by atoms with Crippen LogP contribution in [0.1, 0.15) is 25.3 Å². The predicted molar refractivity (Wildman–Crippen MR) is 83.9 cm³/mol. The largest absolute Gasteiger partial charge is 0.273 e. The van der Waals surface area contributed by atoms with Crippen LogP contribution in [0.4, 0.5) is 0 Å². The first kappa shape index (κ1) is 15.4. The van der Waals surface area contributed by atoms with Gasteiger partial charge in [0.15, 0.2) is 0 Å². The van der Waals surface area contributed by atoms with Crippen molar-refractivity contribution in [1.29, 1.82) is 0 Å². The molecule has 2 rings (SSSR count). The Morgan fingerprint density at radius 2 is 2.29 bits per heavy atom. The molecule has 0 saturated carbocycles. The molecule has 0 aliphatic carbocycles. The molecule has 21 heavy (non-hydrogen) atoms. The van der Waals surface area contributed by atoms with E-state index in [2.05, 4.69) is 37.0 Å². The van der Waals surface area contributed by atoms with Gasteiger partial charge >= 0.3 is 0 Å². The minimum Gasteiger partial charge on any atom is -0.273 e. The van der Waals surface area contributed by atoms with E-state index in [1.54, 1.807) is 13.1 Å². The number of amides is 2. The Kier molecular flexibility index (Phi) is 5.21. The standard InChI is InChI=1S/C14H15BrN4O2/c1-9-11(14(21)19-17-9)6-7-13(20)18-16-8-10-4-2-3-5-12(10)15/h2-5,8,11H,6-7H2,1H3,(H,18,20)(H,19,21)/b16-8-/t11-/m1/s1. The molecule has 1 atom stereocenters. The number of halogens is 1. The Morgan fingerprint density at radius 3 is 2.95 bits per heavy atom. The number of nitrogens with zero attached hydrogens (tertiary/aromatic N) is 2. The van der Waals surface area contributed by atoms with Crippen molar-refractivity contribution in [2.45, 2.75) is 19.8 Å². The zero-order chi connectivity index (χ0) is 15.2. The first-order chi connectivity index (χ1) is 10.1. The van der Waals surface area contributed by atoms with Gasteiger partial charge in [0.2, 0.25) is 11.8 Å². The van der Waals surface area contributed by atoms with Gasteiger partial charge in [0.1, 0.15) is 0 Å². The number of carbonyl (C=O) groups excluding carboxylic acids is 2. The number of rotatable bonds is 5. The maximum Gasteiger partial charge on any atom is 0.248 e. The molecule has 0 bridgehead atoms. The third-order valence-corrected chi connectivity index (χ3v) is 3.84. The highest BCUT2D eigenvalue weighted by Gasteiger charge is 2.26. The molecule has 1 aliphatic rings. The summed E-state index contributed by atoms with van der Waals surface area (Å²) in [5, 5.41) is 7.74. The van der Waals surface area contributed by atoms with Gasteiger partial charge in [-0.3, -0.25) is 9.59 Å². The minimum absolute atomic E-state index is 0.156. The van der Waals surface area contributed by atoms with E-state index in [1.165, 1.54) is 0 Å². The van der Waals surface area contributed by atoms with E-state index in [-0.39, 0.29) is 24.2 Å². The average Bonchev–Trinajstić information content (AvgIpc) is 2.78. The van der Waals surface area contributed by atoms with E-state index < -0.39 is 0 Å². The molecule has 2 amide bonds. The smallest absolute Gasteiger partial charge is 0.248 e. The van der Waals surface area contributed by atoms with E-state index in [1.807, 2.05) is 24.3 Å². The highest BCUT2D eigenvalue weighted by Crippen LogP contribution is 2.14. The maximum absolute atomic E-state index is 11.7. The van der Waals surface area contributed by atoms with Crippen LogP contribution in [0.3, 0.4) is 0 Å². The number of nitrogens with one attached hydrogen (secondary N) is 2. The van der Waals surface area contributed by atoms with Crippen LogP contribution in [-0.2, 0) is 9.59 Å². The predicted octanol–water partition coefficient (Wildman–Crippen LogP) is 1.80. The molecule has 7 heteroatoms. The molecule has 2 N–H and O–H groups in total. The fraction of sp³-hybridized carbons (Fsp3) is 0.286. The van der Waals surface area contributed by atoms with Gasteiger partial charge in [0.05, 0.1) is 12.1 Å². The quantitative estimate of drug-likeness (QED) is 0.626. The Bertz CT molecular complexity index is 613. The summed E-state index contributed by atoms with van der Waals surface area (Å²) < 4.78 is 0.900. The second-order valence-electron chi connectivity index (χ2n) is 4.64. The molecule has 110 valence electrons. The Balaban J connectivity index is 1.79. The fourth-order valence-corrected chi connectivity index (χ4v) is 2.30. The fourth-order valence-electron chi connectivity index (χ4n) is 1.91. The summed E-state index contributed by atoms with van der Waals surface area (Å²) in [5.74, 6) is -0.703. The van der Waals surface area contributed by atoms with Crippen molar-refractivity contribution in [3.63, 3.8) is 0 Å². The molecule has 0 aromatic heterocycles. The van der Waals surface area contributed by atoms with Crippen molar-refractivity contribution in [3.8, 4) is 0 Å². The molecule has 0 saturated heterocycles. The van der Waals surface area contributed by atoms with Crippen LogP contribution < -0.4 is 10.9 Å². The van der Waals surface area contributed by atoms with Gasteiger partial charge in [-0.25, -0.2) is 10.9 Å². The lowest BCUT2D eigenvalue weighted by atomic mass is 9.99. The number of hydrazone groups is 2. The van der Waals surface area contributed by atoms with Gasteiger partial charge < -0.3 is 0 Å². The van der Waals surface area contributed by atoms with Crippen LogP contribution in [0.5, 0.6) is 0 Å². The molecule has 1 aromatic carbocycles. The summed E-state index contributed by atoms with van der Waals surface area (Å²) >= 11 is 3.39. The summed E-state index contributed by atoms with van der Waals surface area (Å²) in [5.41, 5.74) is 6.43. The number of carbonyl (C=O) groups is 2. The molecular weight excluding hydrogens is 336 g/mol. The Labute approximate surface area is 130 Å². The highest BCUT2D eigenvalue weighted by molar-refractivity contribution is 9.10. The maximum atomic E-state index is 11.7. The summed E-state index contributed by atoms with van der Waals surface area (Å²) in [6.07, 6.45) is 2.22. The van der Waals surface area contributed by atoms with Crippen LogP contribution in [-0.4, -0.2) is 23.7 Å². The lowest BCUT2D eigenvalue weighted by Crippen LogP contribution is -2.25. The van der Waals surface area contributed by atoms with Crippen molar-refractivity contribution >= 4 is 39.7 Å². The normalized spacial score (nSPS) is 17.7. The van der Waals surface area contributed by atoms with Crippen LogP contribution >= 0.6 is 15.9 Å². The molecule has 0 spiro atoms. The Hall–Kier alpha value is -2.02. The lowest BCUT2D eigenvalue weighted by Gasteiger charge is -2.06. The molecule has 1 aromatic rings. The number of hydrogen-bond acceptors (Lipinski definition) is 4. The summed E-state index contributed by atoms with van der Waals surface area (Å²) in [6.45, 7) is 1.77. The minimum atomic E-state index is -0.317. The van der Waals surface area contributed by atoms with E-state index in [4.69, 9.17) is 0 Å². The molecule has 6 nitrogen and oxygen atoms in total. The molecular formula is C14H15BrN4O2. The molecule has 1 heterocycles. The second kappa shape index (κ2) is 7.12. The van der Waals surface area contributed by atoms with Crippen molar-refractivity contribution < 1.29 is 9.59 Å². The average molecular weight is 351 g/mol. The summed E-state index contributed by atoms with van der Waals surface area (Å²) in [4.78, 5) is 23.1. The van der Waals surface area contributed by atoms with Crippen LogP contribution in [0.15, 0.2) is 38.9 Å². The number of benzene rings is 1. The molecule has 0 radical (unpaired) electrons. The van der Waals surface area contributed by atoms with E-state index >= 15 is 0 Å². The van der Waals surface area contributed by atoms with Crippen molar-refractivity contribution in [2.75, 3.05) is 0 Å². The van der Waals surface area contributed by atoms with Gasteiger partial charge in [-0.05, 0) is 19.4 Å². The third-order valence-electron chi connectivity index (χ3n) is 3.12. The summed E-state index contributed by atoms with van der Waals surface area (Å²) in [7, 11) is 0. The molecule has 1 aliphatic heterocycles. The van der Waals surface area contributed by atoms with E-state index in [0.717, 1.165) is 10.0 Å². The van der Waals surface area contributed by atoms with Crippen molar-refractivity contribution in [1.82, 2.24) is 10.9 Å². The zero-order valence-electron chi connectivity index (χ0n) is 11.5. The third kappa shape index (κ3) is 4.22. The molecule has 0 fully saturated rings. The second-order valence-corrected chi connectivity index (χ2v) is 5.49. The first-order valence-corrected chi connectivity index (χ1v) is 7.27. The van der Waals surface area contributed by atoms with E-state index in [9.17, 15) is 9.59 Å². The first-order valence-electron chi connectivity index (χ1n) is 6.48. The number of hydrogen-bond donors (Lipinski definition) is 2. The van der Waals surface area contributed by atoms with Crippen molar-refractivity contribution in [3.05, 3.63) is 34.3 Å². The molecule has 0 unspecified atom stereocenters. The van der Waals surface area contributed by atoms with Gasteiger partial charge in [-0.1, -0.05) is 34.1 Å². The highest BCUT2D eigenvalue weighted by atomic mass is 79.9. The van der Waals surface area contributed by atoms with Crippen molar-refractivity contribution in [2.24, 2.45) is 16.1 Å². The van der Waals surface area contributed by atoms with Gasteiger partial charge in [0, 0.05) is 22.2 Å². The topological polar surface area (TPSA) is 82.9 Å². The van der Waals surface area contributed by atoms with Crippen LogP contribution in [0.25, 0.3) is 0 Å². The van der Waals surface area contributed by atoms with Crippen LogP contribution in [0.2, 0.25) is 0 Å². The Morgan fingerprint density at radius 1 is 1.52 bits per heavy atom. The van der Waals surface area contributed by atoms with Gasteiger partial charge in [-0.15, -0.1) is 0 Å². The zero-order valence-corrected chi connectivity index (χ0v) is 13.1. The van der Waals surface area contributed by atoms with Gasteiger partial charge in [-0.2, -0.15) is 10.2 Å².